The third-order valence-corrected chi connectivity index (χ3v) is 11.1. The summed E-state index contributed by atoms with van der Waals surface area (Å²) in [7, 11) is 0. The third kappa shape index (κ3) is 3.89. The summed E-state index contributed by atoms with van der Waals surface area (Å²) in [6.45, 7) is 0. The number of hydrogen-bond donors (Lipinski definition) is 0. The van der Waals surface area contributed by atoms with Crippen LogP contribution in [0, 0.1) is 0 Å². The maximum absolute atomic E-state index is 5.31. The standard InChI is InChI=1S/C45H26N4S/c1-3-14-27(15-4-1)43-46-44(28-16-5-2-6-17-28)48-45(47-43)34-26-33-29-18-7-10-22-35(29)49-36-23-11-8-19-30(36)41(42(33)49)40(34)32-21-13-25-38-39(32)31-20-9-12-24-37(31)50-38/h1-26H. The predicted octanol–water partition coefficient (Wildman–Crippen LogP) is 12.1. The molecule has 0 bridgehead atoms. The highest BCUT2D eigenvalue weighted by Gasteiger charge is 2.27. The van der Waals surface area contributed by atoms with E-state index in [4.69, 9.17) is 15.0 Å². The van der Waals surface area contributed by atoms with Crippen LogP contribution in [0.5, 0.6) is 0 Å². The van der Waals surface area contributed by atoms with E-state index in [1.807, 2.05) is 47.7 Å². The molecule has 0 unspecified atom stereocenters. The SMILES string of the molecule is c1ccc(-c2nc(-c3ccccc3)nc(-c3cc4c5ccccc5n5c6ccccc6c(c3-c3cccc6sc7ccccc7c36)c45)n2)cc1. The molecule has 0 aliphatic carbocycles. The fourth-order valence-corrected chi connectivity index (χ4v) is 9.02. The summed E-state index contributed by atoms with van der Waals surface area (Å²) in [5.41, 5.74) is 8.84. The van der Waals surface area contributed by atoms with Crippen LogP contribution in [0.3, 0.4) is 0 Å². The van der Waals surface area contributed by atoms with E-state index in [2.05, 4.69) is 126 Å². The van der Waals surface area contributed by atoms with Crippen molar-refractivity contribution in [1.82, 2.24) is 19.4 Å². The molecule has 11 rings (SSSR count). The number of rotatable bonds is 4. The average molecular weight is 655 g/mol. The number of hydrogen-bond acceptors (Lipinski definition) is 4. The van der Waals surface area contributed by atoms with Crippen LogP contribution in [-0.2, 0) is 0 Å². The number of fused-ring (bicyclic) bond motifs is 9. The molecule has 0 aliphatic rings. The van der Waals surface area contributed by atoms with Gasteiger partial charge in [-0.2, -0.15) is 0 Å². The Balaban J connectivity index is 1.37. The highest BCUT2D eigenvalue weighted by Crippen LogP contribution is 2.50. The second-order valence-corrected chi connectivity index (χ2v) is 13.8. The minimum atomic E-state index is 0.652. The highest BCUT2D eigenvalue weighted by atomic mass is 32.1. The zero-order chi connectivity index (χ0) is 32.8. The fraction of sp³-hybridized carbons (Fsp3) is 0. The number of thiophene rings is 1. The Labute approximate surface area is 290 Å². The van der Waals surface area contributed by atoms with Crippen molar-refractivity contribution in [3.8, 4) is 45.3 Å². The Morgan fingerprint density at radius 3 is 1.68 bits per heavy atom. The molecule has 4 aromatic heterocycles. The van der Waals surface area contributed by atoms with Crippen molar-refractivity contribution in [2.75, 3.05) is 0 Å². The van der Waals surface area contributed by atoms with Gasteiger partial charge < -0.3 is 4.40 Å². The normalized spacial score (nSPS) is 12.0. The van der Waals surface area contributed by atoms with Gasteiger partial charge in [0.15, 0.2) is 17.5 Å². The molecular weight excluding hydrogens is 629 g/mol. The van der Waals surface area contributed by atoms with E-state index in [-0.39, 0.29) is 0 Å². The van der Waals surface area contributed by atoms with E-state index in [1.54, 1.807) is 0 Å². The molecule has 232 valence electrons. The van der Waals surface area contributed by atoms with E-state index in [9.17, 15) is 0 Å². The summed E-state index contributed by atoms with van der Waals surface area (Å²) >= 11 is 1.84. The number of para-hydroxylation sites is 2. The molecule has 0 aliphatic heterocycles. The van der Waals surface area contributed by atoms with E-state index in [0.717, 1.165) is 22.3 Å². The van der Waals surface area contributed by atoms with Gasteiger partial charge in [0.05, 0.1) is 16.6 Å². The number of aromatic nitrogens is 4. The van der Waals surface area contributed by atoms with Gasteiger partial charge in [-0.3, -0.25) is 0 Å². The minimum Gasteiger partial charge on any atom is -0.308 e. The Morgan fingerprint density at radius 1 is 0.400 bits per heavy atom. The van der Waals surface area contributed by atoms with Crippen LogP contribution in [0.1, 0.15) is 0 Å². The summed E-state index contributed by atoms with van der Waals surface area (Å²) in [5, 5.41) is 7.36. The second kappa shape index (κ2) is 10.5. The second-order valence-electron chi connectivity index (χ2n) is 12.8. The summed E-state index contributed by atoms with van der Waals surface area (Å²) in [6, 6.07) is 55.8. The largest absolute Gasteiger partial charge is 0.308 e. The number of benzene rings is 7. The van der Waals surface area contributed by atoms with Crippen molar-refractivity contribution in [2.24, 2.45) is 0 Å². The first-order valence-corrected chi connectivity index (χ1v) is 17.6. The average Bonchev–Trinajstić information content (AvgIpc) is 3.85. The summed E-state index contributed by atoms with van der Waals surface area (Å²) < 4.78 is 4.99. The summed E-state index contributed by atoms with van der Waals surface area (Å²) in [6.07, 6.45) is 0. The van der Waals surface area contributed by atoms with Crippen LogP contribution >= 0.6 is 11.3 Å². The molecule has 5 heteroatoms. The maximum Gasteiger partial charge on any atom is 0.164 e. The van der Waals surface area contributed by atoms with E-state index in [1.165, 1.54) is 63.8 Å². The molecular formula is C45H26N4S. The van der Waals surface area contributed by atoms with E-state index in [0.29, 0.717) is 17.5 Å². The molecule has 4 nitrogen and oxygen atoms in total. The molecule has 7 aromatic carbocycles. The van der Waals surface area contributed by atoms with Crippen LogP contribution in [0.4, 0.5) is 0 Å². The fourth-order valence-electron chi connectivity index (χ4n) is 7.89. The van der Waals surface area contributed by atoms with Gasteiger partial charge in [0, 0.05) is 64.0 Å². The van der Waals surface area contributed by atoms with Gasteiger partial charge in [0.25, 0.3) is 0 Å². The lowest BCUT2D eigenvalue weighted by Crippen LogP contribution is -2.01. The van der Waals surface area contributed by atoms with Crippen LogP contribution in [0.2, 0.25) is 0 Å². The zero-order valence-corrected chi connectivity index (χ0v) is 27.5. The van der Waals surface area contributed by atoms with Crippen LogP contribution < -0.4 is 0 Å². The van der Waals surface area contributed by atoms with Crippen molar-refractivity contribution in [2.45, 2.75) is 0 Å². The van der Waals surface area contributed by atoms with Crippen LogP contribution in [0.25, 0.3) is 104 Å². The summed E-state index contributed by atoms with van der Waals surface area (Å²) in [4.78, 5) is 15.7. The first-order valence-electron chi connectivity index (χ1n) is 16.8. The monoisotopic (exact) mass is 654 g/mol. The molecule has 0 radical (unpaired) electrons. The Morgan fingerprint density at radius 2 is 0.960 bits per heavy atom. The lowest BCUT2D eigenvalue weighted by Gasteiger charge is -2.15. The lowest BCUT2D eigenvalue weighted by atomic mass is 9.89. The van der Waals surface area contributed by atoms with Gasteiger partial charge >= 0.3 is 0 Å². The van der Waals surface area contributed by atoms with Crippen molar-refractivity contribution >= 4 is 69.6 Å². The maximum atomic E-state index is 5.31. The van der Waals surface area contributed by atoms with E-state index >= 15 is 0 Å². The molecule has 0 spiro atoms. The smallest absolute Gasteiger partial charge is 0.164 e. The molecule has 0 saturated carbocycles. The zero-order valence-electron chi connectivity index (χ0n) is 26.7. The van der Waals surface area contributed by atoms with Crippen molar-refractivity contribution in [1.29, 1.82) is 0 Å². The number of nitrogens with zero attached hydrogens (tertiary/aromatic N) is 4. The van der Waals surface area contributed by atoms with Gasteiger partial charge in [-0.15, -0.1) is 11.3 Å². The highest BCUT2D eigenvalue weighted by molar-refractivity contribution is 7.25. The van der Waals surface area contributed by atoms with Crippen molar-refractivity contribution in [3.05, 3.63) is 158 Å². The Hall–Kier alpha value is -6.43. The molecule has 0 fully saturated rings. The van der Waals surface area contributed by atoms with Gasteiger partial charge in [0.2, 0.25) is 0 Å². The first-order chi connectivity index (χ1) is 24.8. The molecule has 0 atom stereocenters. The van der Waals surface area contributed by atoms with Gasteiger partial charge in [-0.25, -0.2) is 15.0 Å². The quantitative estimate of drug-likeness (QED) is 0.190. The van der Waals surface area contributed by atoms with Gasteiger partial charge in [-0.05, 0) is 35.9 Å². The third-order valence-electron chi connectivity index (χ3n) is 9.99. The molecule has 11 aromatic rings. The first kappa shape index (κ1) is 27.5. The Bertz CT molecular complexity index is 3030. The van der Waals surface area contributed by atoms with Gasteiger partial charge in [-0.1, -0.05) is 127 Å². The van der Waals surface area contributed by atoms with Crippen LogP contribution in [0.15, 0.2) is 158 Å². The van der Waals surface area contributed by atoms with Crippen LogP contribution in [-0.4, -0.2) is 19.4 Å². The topological polar surface area (TPSA) is 43.1 Å². The summed E-state index contributed by atoms with van der Waals surface area (Å²) in [5.74, 6) is 1.96. The lowest BCUT2D eigenvalue weighted by molar-refractivity contribution is 1.08. The predicted molar refractivity (Wildman–Crippen MR) is 209 cm³/mol. The van der Waals surface area contributed by atoms with E-state index < -0.39 is 0 Å². The molecule has 50 heavy (non-hydrogen) atoms. The Kier molecular flexibility index (Phi) is 5.80. The van der Waals surface area contributed by atoms with Crippen molar-refractivity contribution in [3.63, 3.8) is 0 Å². The van der Waals surface area contributed by atoms with Crippen molar-refractivity contribution < 1.29 is 0 Å². The molecule has 0 amide bonds. The molecule has 4 heterocycles. The molecule has 0 saturated heterocycles. The minimum absolute atomic E-state index is 0.652. The molecule has 0 N–H and O–H groups in total. The van der Waals surface area contributed by atoms with Gasteiger partial charge in [0.1, 0.15) is 0 Å².